The van der Waals surface area contributed by atoms with Gasteiger partial charge in [-0.2, -0.15) is 5.26 Å². The van der Waals surface area contributed by atoms with Gasteiger partial charge in [-0.25, -0.2) is 0 Å². The summed E-state index contributed by atoms with van der Waals surface area (Å²) in [4.78, 5) is 0. The zero-order chi connectivity index (χ0) is 10.1. The van der Waals surface area contributed by atoms with Gasteiger partial charge in [-0.3, -0.25) is 0 Å². The predicted octanol–water partition coefficient (Wildman–Crippen LogP) is 3.75. The molecule has 0 N–H and O–H groups in total. The highest BCUT2D eigenvalue weighted by molar-refractivity contribution is 4.99. The average molecular weight is 179 g/mol. The molecule has 0 heterocycles. The normalized spacial score (nSPS) is 35.5. The molecule has 1 aliphatic carbocycles. The highest BCUT2D eigenvalue weighted by Gasteiger charge is 2.35. The fourth-order valence-electron chi connectivity index (χ4n) is 2.23. The topological polar surface area (TPSA) is 23.8 Å². The minimum absolute atomic E-state index is 0.0260. The standard InChI is InChI=1S/C12H21N/c1-11(2,3)10-5-7-12(4,9-13)8-6-10/h10H,5-8H2,1-4H3. The molecule has 0 bridgehead atoms. The first-order chi connectivity index (χ1) is 5.87. The maximum Gasteiger partial charge on any atom is 0.0686 e. The van der Waals surface area contributed by atoms with E-state index >= 15 is 0 Å². The first-order valence-corrected chi connectivity index (χ1v) is 5.29. The van der Waals surface area contributed by atoms with Crippen LogP contribution < -0.4 is 0 Å². The highest BCUT2D eigenvalue weighted by Crippen LogP contribution is 2.44. The van der Waals surface area contributed by atoms with Gasteiger partial charge >= 0.3 is 0 Å². The van der Waals surface area contributed by atoms with Crippen molar-refractivity contribution in [1.29, 1.82) is 5.26 Å². The summed E-state index contributed by atoms with van der Waals surface area (Å²) in [7, 11) is 0. The molecule has 0 unspecified atom stereocenters. The number of nitriles is 1. The van der Waals surface area contributed by atoms with Crippen LogP contribution in [0.2, 0.25) is 0 Å². The molecule has 0 saturated heterocycles. The number of hydrogen-bond donors (Lipinski definition) is 0. The van der Waals surface area contributed by atoms with Crippen molar-refractivity contribution in [3.05, 3.63) is 0 Å². The molecule has 1 aliphatic rings. The fraction of sp³-hybridized carbons (Fsp3) is 0.917. The van der Waals surface area contributed by atoms with Crippen molar-refractivity contribution < 1.29 is 0 Å². The molecule has 13 heavy (non-hydrogen) atoms. The summed E-state index contributed by atoms with van der Waals surface area (Å²) in [5.41, 5.74) is 0.401. The van der Waals surface area contributed by atoms with E-state index in [1.54, 1.807) is 0 Å². The van der Waals surface area contributed by atoms with Gasteiger partial charge < -0.3 is 0 Å². The number of hydrogen-bond acceptors (Lipinski definition) is 1. The molecule has 0 spiro atoms. The lowest BCUT2D eigenvalue weighted by molar-refractivity contribution is 0.130. The molecule has 74 valence electrons. The Balaban J connectivity index is 2.54. The molecule has 1 rings (SSSR count). The summed E-state index contributed by atoms with van der Waals surface area (Å²) < 4.78 is 0. The zero-order valence-corrected chi connectivity index (χ0v) is 9.35. The summed E-state index contributed by atoms with van der Waals surface area (Å²) in [5, 5.41) is 8.99. The Labute approximate surface area is 82.1 Å². The van der Waals surface area contributed by atoms with E-state index in [0.717, 1.165) is 18.8 Å². The molecule has 0 radical (unpaired) electrons. The Bertz CT molecular complexity index is 208. The first-order valence-electron chi connectivity index (χ1n) is 5.29. The maximum atomic E-state index is 8.99. The summed E-state index contributed by atoms with van der Waals surface area (Å²) in [6.45, 7) is 9.04. The summed E-state index contributed by atoms with van der Waals surface area (Å²) in [6, 6.07) is 2.45. The van der Waals surface area contributed by atoms with E-state index in [1.165, 1.54) is 12.8 Å². The Kier molecular flexibility index (Phi) is 2.71. The molecule has 0 amide bonds. The van der Waals surface area contributed by atoms with E-state index in [9.17, 15) is 0 Å². The second kappa shape index (κ2) is 3.33. The van der Waals surface area contributed by atoms with Crippen LogP contribution in [0.15, 0.2) is 0 Å². The van der Waals surface area contributed by atoms with Crippen molar-refractivity contribution in [1.82, 2.24) is 0 Å². The van der Waals surface area contributed by atoms with Crippen molar-refractivity contribution in [2.75, 3.05) is 0 Å². The third-order valence-corrected chi connectivity index (χ3v) is 3.58. The smallest absolute Gasteiger partial charge is 0.0686 e. The molecule has 1 nitrogen and oxygen atoms in total. The third-order valence-electron chi connectivity index (χ3n) is 3.58. The first kappa shape index (κ1) is 10.6. The van der Waals surface area contributed by atoms with Gasteiger partial charge in [-0.05, 0) is 43.9 Å². The van der Waals surface area contributed by atoms with Crippen LogP contribution >= 0.6 is 0 Å². The van der Waals surface area contributed by atoms with Crippen molar-refractivity contribution >= 4 is 0 Å². The summed E-state index contributed by atoms with van der Waals surface area (Å²) in [6.07, 6.45) is 4.64. The van der Waals surface area contributed by atoms with Gasteiger partial charge in [0.2, 0.25) is 0 Å². The van der Waals surface area contributed by atoms with Crippen LogP contribution in [-0.2, 0) is 0 Å². The minimum atomic E-state index is -0.0260. The van der Waals surface area contributed by atoms with Crippen molar-refractivity contribution in [3.8, 4) is 6.07 Å². The van der Waals surface area contributed by atoms with Crippen molar-refractivity contribution in [2.45, 2.75) is 53.4 Å². The Morgan fingerprint density at radius 1 is 1.23 bits per heavy atom. The predicted molar refractivity (Wildman–Crippen MR) is 55.1 cm³/mol. The molecular formula is C12H21N. The largest absolute Gasteiger partial charge is 0.198 e. The number of nitrogens with zero attached hydrogens (tertiary/aromatic N) is 1. The summed E-state index contributed by atoms with van der Waals surface area (Å²) in [5.74, 6) is 0.814. The Morgan fingerprint density at radius 2 is 1.69 bits per heavy atom. The van der Waals surface area contributed by atoms with Gasteiger partial charge in [0.15, 0.2) is 0 Å². The molecule has 1 saturated carbocycles. The molecule has 0 aromatic rings. The lowest BCUT2D eigenvalue weighted by Gasteiger charge is -2.39. The molecule has 0 aliphatic heterocycles. The van der Waals surface area contributed by atoms with Gasteiger partial charge in [0.25, 0.3) is 0 Å². The van der Waals surface area contributed by atoms with Crippen LogP contribution in [0.4, 0.5) is 0 Å². The van der Waals surface area contributed by atoms with E-state index in [-0.39, 0.29) is 5.41 Å². The van der Waals surface area contributed by atoms with Crippen LogP contribution in [0.5, 0.6) is 0 Å². The van der Waals surface area contributed by atoms with E-state index in [1.807, 2.05) is 0 Å². The molecule has 1 fully saturated rings. The van der Waals surface area contributed by atoms with E-state index < -0.39 is 0 Å². The lowest BCUT2D eigenvalue weighted by atomic mass is 9.65. The average Bonchev–Trinajstić information content (AvgIpc) is 2.04. The van der Waals surface area contributed by atoms with Crippen LogP contribution in [0.3, 0.4) is 0 Å². The van der Waals surface area contributed by atoms with Gasteiger partial charge in [-0.15, -0.1) is 0 Å². The van der Waals surface area contributed by atoms with Gasteiger partial charge in [-0.1, -0.05) is 20.8 Å². The maximum absolute atomic E-state index is 8.99. The quantitative estimate of drug-likeness (QED) is 0.555. The minimum Gasteiger partial charge on any atom is -0.198 e. The van der Waals surface area contributed by atoms with Crippen molar-refractivity contribution in [3.63, 3.8) is 0 Å². The van der Waals surface area contributed by atoms with Crippen LogP contribution in [0.25, 0.3) is 0 Å². The monoisotopic (exact) mass is 179 g/mol. The van der Waals surface area contributed by atoms with E-state index in [4.69, 9.17) is 5.26 Å². The van der Waals surface area contributed by atoms with Gasteiger partial charge in [0, 0.05) is 0 Å². The second-order valence-corrected chi connectivity index (χ2v) is 5.81. The van der Waals surface area contributed by atoms with E-state index in [2.05, 4.69) is 33.8 Å². The molecule has 0 aromatic heterocycles. The molecule has 0 atom stereocenters. The van der Waals surface area contributed by atoms with Crippen LogP contribution in [0.1, 0.15) is 53.4 Å². The van der Waals surface area contributed by atoms with E-state index in [0.29, 0.717) is 5.41 Å². The molecule has 0 aromatic carbocycles. The van der Waals surface area contributed by atoms with Gasteiger partial charge in [0.1, 0.15) is 0 Å². The van der Waals surface area contributed by atoms with Gasteiger partial charge in [0.05, 0.1) is 11.5 Å². The highest BCUT2D eigenvalue weighted by atomic mass is 14.4. The molecular weight excluding hydrogens is 158 g/mol. The third kappa shape index (κ3) is 2.46. The fourth-order valence-corrected chi connectivity index (χ4v) is 2.23. The number of rotatable bonds is 0. The SMILES string of the molecule is CC1(C#N)CCC(C(C)(C)C)CC1. The van der Waals surface area contributed by atoms with Crippen molar-refractivity contribution in [2.24, 2.45) is 16.7 Å². The summed E-state index contributed by atoms with van der Waals surface area (Å²) >= 11 is 0. The Hall–Kier alpha value is -0.510. The van der Waals surface area contributed by atoms with Crippen LogP contribution in [0, 0.1) is 28.1 Å². The Morgan fingerprint density at radius 3 is 2.00 bits per heavy atom. The van der Waals surface area contributed by atoms with Crippen LogP contribution in [-0.4, -0.2) is 0 Å². The second-order valence-electron chi connectivity index (χ2n) is 5.81. The zero-order valence-electron chi connectivity index (χ0n) is 9.35. The lowest BCUT2D eigenvalue weighted by Crippen LogP contribution is -2.29. The molecule has 1 heteroatoms.